The molecule has 0 amide bonds. The third-order valence-corrected chi connectivity index (χ3v) is 2.80. The van der Waals surface area contributed by atoms with Crippen LogP contribution in [0.3, 0.4) is 0 Å². The molecule has 1 N–H and O–H groups in total. The largest absolute Gasteiger partial charge is 0.487 e. The number of rotatable bonds is 6. The van der Waals surface area contributed by atoms with Gasteiger partial charge in [-0.3, -0.25) is 4.98 Å². The lowest BCUT2D eigenvalue weighted by atomic mass is 10.2. The lowest BCUT2D eigenvalue weighted by Gasteiger charge is -2.09. The Morgan fingerprint density at radius 1 is 1.15 bits per heavy atom. The van der Waals surface area contributed by atoms with Crippen molar-refractivity contribution < 1.29 is 9.13 Å². The summed E-state index contributed by atoms with van der Waals surface area (Å²) in [5.41, 5.74) is 1.99. The zero-order valence-electron chi connectivity index (χ0n) is 11.8. The first kappa shape index (κ1) is 14.5. The molecule has 1 heterocycles. The summed E-state index contributed by atoms with van der Waals surface area (Å²) in [6, 6.07) is 10.4. The molecule has 0 atom stereocenters. The Morgan fingerprint density at radius 3 is 2.50 bits per heavy atom. The fourth-order valence-electron chi connectivity index (χ4n) is 1.66. The van der Waals surface area contributed by atoms with Crippen molar-refractivity contribution in [2.75, 3.05) is 0 Å². The Morgan fingerprint density at radius 2 is 1.90 bits per heavy atom. The Hall–Kier alpha value is -1.94. The smallest absolute Gasteiger partial charge is 0.130 e. The Bertz CT molecular complexity index is 523. The summed E-state index contributed by atoms with van der Waals surface area (Å²) in [6.45, 7) is 5.41. The molecule has 0 fully saturated rings. The maximum absolute atomic E-state index is 12.7. The van der Waals surface area contributed by atoms with Crippen molar-refractivity contribution in [3.8, 4) is 5.75 Å². The molecule has 0 spiro atoms. The minimum absolute atomic E-state index is 0.266. The van der Waals surface area contributed by atoms with Gasteiger partial charge in [0.1, 0.15) is 18.2 Å². The summed E-state index contributed by atoms with van der Waals surface area (Å²) in [6.07, 6.45) is 1.85. The highest BCUT2D eigenvalue weighted by Gasteiger charge is 2.00. The van der Waals surface area contributed by atoms with Crippen LogP contribution >= 0.6 is 0 Å². The quantitative estimate of drug-likeness (QED) is 0.877. The number of nitrogens with one attached hydrogen (secondary N) is 1. The van der Waals surface area contributed by atoms with Gasteiger partial charge in [-0.05, 0) is 35.9 Å². The van der Waals surface area contributed by atoms with Gasteiger partial charge >= 0.3 is 0 Å². The molecule has 3 nitrogen and oxygen atoms in total. The first-order valence-electron chi connectivity index (χ1n) is 6.69. The number of hydrogen-bond donors (Lipinski definition) is 1. The standard InChI is InChI=1S/C16H19FN2O/c1-12(2)18-9-13-3-6-15(19-10-13)11-20-16-7-4-14(17)5-8-16/h3-8,10,12,18H,9,11H2,1-2H3. The average molecular weight is 274 g/mol. The summed E-state index contributed by atoms with van der Waals surface area (Å²) < 4.78 is 18.3. The van der Waals surface area contributed by atoms with Gasteiger partial charge in [-0.25, -0.2) is 4.39 Å². The third kappa shape index (κ3) is 4.63. The van der Waals surface area contributed by atoms with Crippen molar-refractivity contribution in [1.29, 1.82) is 0 Å². The van der Waals surface area contributed by atoms with E-state index in [-0.39, 0.29) is 5.82 Å². The fourth-order valence-corrected chi connectivity index (χ4v) is 1.66. The first-order valence-corrected chi connectivity index (χ1v) is 6.69. The number of pyridine rings is 1. The molecule has 0 aliphatic heterocycles. The van der Waals surface area contributed by atoms with Crippen LogP contribution in [0.15, 0.2) is 42.6 Å². The van der Waals surface area contributed by atoms with E-state index in [9.17, 15) is 4.39 Å². The zero-order chi connectivity index (χ0) is 14.4. The molecule has 2 rings (SSSR count). The van der Waals surface area contributed by atoms with Crippen LogP contribution in [0.1, 0.15) is 25.1 Å². The highest BCUT2D eigenvalue weighted by molar-refractivity contribution is 5.22. The van der Waals surface area contributed by atoms with Gasteiger partial charge < -0.3 is 10.1 Å². The molecule has 0 aliphatic rings. The number of halogens is 1. The predicted octanol–water partition coefficient (Wildman–Crippen LogP) is 3.30. The van der Waals surface area contributed by atoms with E-state index < -0.39 is 0 Å². The average Bonchev–Trinajstić information content (AvgIpc) is 2.45. The minimum Gasteiger partial charge on any atom is -0.487 e. The van der Waals surface area contributed by atoms with Crippen LogP contribution < -0.4 is 10.1 Å². The lowest BCUT2D eigenvalue weighted by molar-refractivity contribution is 0.301. The number of ether oxygens (including phenoxy) is 1. The normalized spacial score (nSPS) is 10.8. The third-order valence-electron chi connectivity index (χ3n) is 2.80. The minimum atomic E-state index is -0.266. The summed E-state index contributed by atoms with van der Waals surface area (Å²) in [5.74, 6) is 0.372. The van der Waals surface area contributed by atoms with E-state index in [0.29, 0.717) is 18.4 Å². The molecular weight excluding hydrogens is 255 g/mol. The molecule has 0 radical (unpaired) electrons. The Labute approximate surface area is 118 Å². The van der Waals surface area contributed by atoms with Crippen LogP contribution in [0.2, 0.25) is 0 Å². The van der Waals surface area contributed by atoms with Gasteiger partial charge in [-0.2, -0.15) is 0 Å². The monoisotopic (exact) mass is 274 g/mol. The molecule has 0 unspecified atom stereocenters. The molecule has 0 bridgehead atoms. The van der Waals surface area contributed by atoms with E-state index >= 15 is 0 Å². The molecule has 106 valence electrons. The number of benzene rings is 1. The van der Waals surface area contributed by atoms with Gasteiger partial charge in [0.05, 0.1) is 5.69 Å². The summed E-state index contributed by atoms with van der Waals surface area (Å²) in [4.78, 5) is 4.35. The van der Waals surface area contributed by atoms with Crippen molar-refractivity contribution in [2.45, 2.75) is 33.0 Å². The molecule has 0 aliphatic carbocycles. The van der Waals surface area contributed by atoms with E-state index in [1.165, 1.54) is 12.1 Å². The zero-order valence-corrected chi connectivity index (χ0v) is 11.8. The van der Waals surface area contributed by atoms with E-state index in [1.807, 2.05) is 18.3 Å². The molecule has 2 aromatic rings. The SMILES string of the molecule is CC(C)NCc1ccc(COc2ccc(F)cc2)nc1. The second kappa shape index (κ2) is 7.01. The second-order valence-corrected chi connectivity index (χ2v) is 4.94. The van der Waals surface area contributed by atoms with E-state index in [1.54, 1.807) is 12.1 Å². The van der Waals surface area contributed by atoms with Gasteiger partial charge in [-0.1, -0.05) is 19.9 Å². The van der Waals surface area contributed by atoms with E-state index in [2.05, 4.69) is 24.1 Å². The topological polar surface area (TPSA) is 34.1 Å². The van der Waals surface area contributed by atoms with Gasteiger partial charge in [0, 0.05) is 18.8 Å². The van der Waals surface area contributed by atoms with Crippen molar-refractivity contribution in [3.63, 3.8) is 0 Å². The van der Waals surface area contributed by atoms with Crippen LogP contribution in [0, 0.1) is 5.82 Å². The summed E-state index contributed by atoms with van der Waals surface area (Å²) in [7, 11) is 0. The molecule has 20 heavy (non-hydrogen) atoms. The van der Waals surface area contributed by atoms with Crippen LogP contribution in [0.25, 0.3) is 0 Å². The maximum Gasteiger partial charge on any atom is 0.130 e. The lowest BCUT2D eigenvalue weighted by Crippen LogP contribution is -2.21. The molecule has 1 aromatic heterocycles. The van der Waals surface area contributed by atoms with Crippen molar-refractivity contribution in [2.24, 2.45) is 0 Å². The van der Waals surface area contributed by atoms with Crippen LogP contribution in [0.4, 0.5) is 4.39 Å². The molecule has 4 heteroatoms. The Kier molecular flexibility index (Phi) is 5.07. The van der Waals surface area contributed by atoms with Crippen LogP contribution in [0.5, 0.6) is 5.75 Å². The first-order chi connectivity index (χ1) is 9.63. The predicted molar refractivity (Wildman–Crippen MR) is 76.9 cm³/mol. The van der Waals surface area contributed by atoms with Gasteiger partial charge in [-0.15, -0.1) is 0 Å². The maximum atomic E-state index is 12.7. The number of aromatic nitrogens is 1. The van der Waals surface area contributed by atoms with Crippen LogP contribution in [-0.2, 0) is 13.2 Å². The number of nitrogens with zero attached hydrogens (tertiary/aromatic N) is 1. The molecule has 0 saturated heterocycles. The van der Waals surface area contributed by atoms with Crippen molar-refractivity contribution in [1.82, 2.24) is 10.3 Å². The highest BCUT2D eigenvalue weighted by atomic mass is 19.1. The van der Waals surface area contributed by atoms with Gasteiger partial charge in [0.15, 0.2) is 0 Å². The van der Waals surface area contributed by atoms with Crippen molar-refractivity contribution in [3.05, 3.63) is 59.7 Å². The van der Waals surface area contributed by atoms with Gasteiger partial charge in [0.25, 0.3) is 0 Å². The highest BCUT2D eigenvalue weighted by Crippen LogP contribution is 2.13. The summed E-state index contributed by atoms with van der Waals surface area (Å²) in [5, 5.41) is 3.34. The fraction of sp³-hybridized carbons (Fsp3) is 0.312. The molecular formula is C16H19FN2O. The second-order valence-electron chi connectivity index (χ2n) is 4.94. The Balaban J connectivity index is 1.85. The summed E-state index contributed by atoms with van der Waals surface area (Å²) >= 11 is 0. The van der Waals surface area contributed by atoms with Crippen molar-refractivity contribution >= 4 is 0 Å². The molecule has 1 aromatic carbocycles. The molecule has 0 saturated carbocycles. The van der Waals surface area contributed by atoms with Crippen LogP contribution in [-0.4, -0.2) is 11.0 Å². The van der Waals surface area contributed by atoms with Gasteiger partial charge in [0.2, 0.25) is 0 Å². The van der Waals surface area contributed by atoms with E-state index in [4.69, 9.17) is 4.74 Å². The number of hydrogen-bond acceptors (Lipinski definition) is 3. The van der Waals surface area contributed by atoms with E-state index in [0.717, 1.165) is 17.8 Å².